The smallest absolute Gasteiger partial charge is 0.239 e. The molecule has 1 atom stereocenters. The Kier molecular flexibility index (Phi) is 4.98. The summed E-state index contributed by atoms with van der Waals surface area (Å²) in [6.45, 7) is 7.40. The van der Waals surface area contributed by atoms with Crippen LogP contribution in [0.5, 0.6) is 5.75 Å². The Balaban J connectivity index is 1.64. The largest absolute Gasteiger partial charge is 0.493 e. The molecule has 2 aromatic carbocycles. The molecule has 0 aliphatic carbocycles. The van der Waals surface area contributed by atoms with Crippen LogP contribution in [0.2, 0.25) is 0 Å². The number of hydrogen-bond acceptors (Lipinski definition) is 3. The zero-order valence-electron chi connectivity index (χ0n) is 15.1. The number of carbonyl (C=O) groups excluding carboxylic acids is 1. The highest BCUT2D eigenvalue weighted by Crippen LogP contribution is 2.32. The average molecular weight is 338 g/mol. The van der Waals surface area contributed by atoms with Gasteiger partial charge in [0, 0.05) is 17.7 Å². The second-order valence-corrected chi connectivity index (χ2v) is 7.44. The van der Waals surface area contributed by atoms with E-state index in [1.54, 1.807) is 0 Å². The van der Waals surface area contributed by atoms with Crippen LogP contribution < -0.4 is 15.4 Å². The molecule has 4 nitrogen and oxygen atoms in total. The van der Waals surface area contributed by atoms with Gasteiger partial charge in [0.15, 0.2) is 0 Å². The molecule has 1 unspecified atom stereocenters. The van der Waals surface area contributed by atoms with Gasteiger partial charge in [0.1, 0.15) is 5.75 Å². The molecule has 1 amide bonds. The van der Waals surface area contributed by atoms with Gasteiger partial charge in [-0.1, -0.05) is 57.2 Å². The maximum Gasteiger partial charge on any atom is 0.239 e. The van der Waals surface area contributed by atoms with Gasteiger partial charge in [0.2, 0.25) is 5.91 Å². The number of ether oxygens (including phenoxy) is 1. The first-order valence-corrected chi connectivity index (χ1v) is 8.79. The van der Waals surface area contributed by atoms with Crippen molar-refractivity contribution < 1.29 is 9.53 Å². The van der Waals surface area contributed by atoms with Crippen molar-refractivity contribution in [3.8, 4) is 5.75 Å². The maximum absolute atomic E-state index is 12.4. The number of nitrogens with one attached hydrogen (secondary N) is 2. The predicted octanol–water partition coefficient (Wildman–Crippen LogP) is 4.04. The summed E-state index contributed by atoms with van der Waals surface area (Å²) in [7, 11) is 0. The van der Waals surface area contributed by atoms with E-state index in [0.29, 0.717) is 6.61 Å². The van der Waals surface area contributed by atoms with Crippen LogP contribution in [-0.2, 0) is 10.2 Å². The van der Waals surface area contributed by atoms with Crippen LogP contribution >= 0.6 is 0 Å². The van der Waals surface area contributed by atoms with Crippen LogP contribution in [0.15, 0.2) is 48.5 Å². The monoisotopic (exact) mass is 338 g/mol. The van der Waals surface area contributed by atoms with E-state index in [4.69, 9.17) is 4.74 Å². The van der Waals surface area contributed by atoms with E-state index >= 15 is 0 Å². The fraction of sp³-hybridized carbons (Fsp3) is 0.381. The van der Waals surface area contributed by atoms with Crippen molar-refractivity contribution in [1.82, 2.24) is 5.32 Å². The van der Waals surface area contributed by atoms with Crippen LogP contribution in [0, 0.1) is 0 Å². The molecule has 0 radical (unpaired) electrons. The summed E-state index contributed by atoms with van der Waals surface area (Å²) in [5.41, 5.74) is 3.30. The minimum atomic E-state index is -0.00887. The molecule has 1 aliphatic heterocycles. The van der Waals surface area contributed by atoms with E-state index in [9.17, 15) is 4.79 Å². The van der Waals surface area contributed by atoms with Crippen molar-refractivity contribution in [2.45, 2.75) is 38.6 Å². The Hall–Kier alpha value is -2.49. The number of benzene rings is 2. The van der Waals surface area contributed by atoms with Gasteiger partial charge >= 0.3 is 0 Å². The molecule has 0 saturated heterocycles. The molecule has 0 saturated carbocycles. The van der Waals surface area contributed by atoms with E-state index in [0.717, 1.165) is 23.4 Å². The minimum absolute atomic E-state index is 0.00887. The quantitative estimate of drug-likeness (QED) is 0.885. The van der Waals surface area contributed by atoms with Gasteiger partial charge in [-0.05, 0) is 23.1 Å². The van der Waals surface area contributed by atoms with Crippen LogP contribution in [0.1, 0.15) is 44.4 Å². The average Bonchev–Trinajstić information content (AvgIpc) is 2.60. The molecule has 1 aliphatic rings. The SMILES string of the molecule is CC(C)(C)c1ccccc1NCC(=O)NC1CCOc2ccccc21. The number of fused-ring (bicyclic) bond motifs is 1. The highest BCUT2D eigenvalue weighted by Gasteiger charge is 2.23. The predicted molar refractivity (Wildman–Crippen MR) is 101 cm³/mol. The standard InChI is InChI=1S/C21H26N2O2/c1-21(2,3)16-9-5-6-10-18(16)22-14-20(24)23-17-12-13-25-19-11-7-4-8-15(17)19/h4-11,17,22H,12-14H2,1-3H3,(H,23,24). The summed E-state index contributed by atoms with van der Waals surface area (Å²) >= 11 is 0. The molecule has 2 N–H and O–H groups in total. The Morgan fingerprint density at radius 2 is 1.84 bits per heavy atom. The van der Waals surface area contributed by atoms with Crippen molar-refractivity contribution in [3.63, 3.8) is 0 Å². The molecule has 0 fully saturated rings. The molecule has 2 aromatic rings. The molecule has 25 heavy (non-hydrogen) atoms. The Labute approximate surface area is 149 Å². The lowest BCUT2D eigenvalue weighted by atomic mass is 9.86. The van der Waals surface area contributed by atoms with Gasteiger partial charge in [-0.15, -0.1) is 0 Å². The van der Waals surface area contributed by atoms with Gasteiger partial charge in [0.25, 0.3) is 0 Å². The van der Waals surface area contributed by atoms with Gasteiger partial charge in [-0.3, -0.25) is 4.79 Å². The second kappa shape index (κ2) is 7.18. The molecule has 132 valence electrons. The highest BCUT2D eigenvalue weighted by atomic mass is 16.5. The van der Waals surface area contributed by atoms with E-state index in [-0.39, 0.29) is 23.9 Å². The lowest BCUT2D eigenvalue weighted by Crippen LogP contribution is -2.36. The number of anilines is 1. The molecule has 1 heterocycles. The third-order valence-electron chi connectivity index (χ3n) is 4.47. The molecule has 0 aromatic heterocycles. The van der Waals surface area contributed by atoms with Crippen molar-refractivity contribution >= 4 is 11.6 Å². The van der Waals surface area contributed by atoms with Gasteiger partial charge in [-0.25, -0.2) is 0 Å². The summed E-state index contributed by atoms with van der Waals surface area (Å²) in [6.07, 6.45) is 0.793. The van der Waals surface area contributed by atoms with Gasteiger partial charge in [0.05, 0.1) is 19.2 Å². The highest BCUT2D eigenvalue weighted by molar-refractivity contribution is 5.81. The minimum Gasteiger partial charge on any atom is -0.493 e. The zero-order valence-corrected chi connectivity index (χ0v) is 15.1. The first-order valence-electron chi connectivity index (χ1n) is 8.79. The molecular formula is C21H26N2O2. The third-order valence-corrected chi connectivity index (χ3v) is 4.47. The summed E-state index contributed by atoms with van der Waals surface area (Å²) in [5, 5.41) is 6.41. The first-order chi connectivity index (χ1) is 11.9. The van der Waals surface area contributed by atoms with Crippen LogP contribution in [0.3, 0.4) is 0 Å². The van der Waals surface area contributed by atoms with E-state index < -0.39 is 0 Å². The van der Waals surface area contributed by atoms with Crippen LogP contribution in [0.4, 0.5) is 5.69 Å². The summed E-state index contributed by atoms with van der Waals surface area (Å²) in [6, 6.07) is 16.1. The lowest BCUT2D eigenvalue weighted by Gasteiger charge is -2.27. The first kappa shape index (κ1) is 17.3. The van der Waals surface area contributed by atoms with Crippen LogP contribution in [0.25, 0.3) is 0 Å². The Morgan fingerprint density at radius 3 is 2.64 bits per heavy atom. The Bertz CT molecular complexity index is 750. The van der Waals surface area contributed by atoms with Gasteiger partial charge < -0.3 is 15.4 Å². The van der Waals surface area contributed by atoms with Crippen LogP contribution in [-0.4, -0.2) is 19.1 Å². The molecule has 4 heteroatoms. The number of para-hydroxylation sites is 2. The number of rotatable bonds is 4. The van der Waals surface area contributed by atoms with E-state index in [1.165, 1.54) is 5.56 Å². The molecule has 3 rings (SSSR count). The fourth-order valence-electron chi connectivity index (χ4n) is 3.20. The van der Waals surface area contributed by atoms with Gasteiger partial charge in [-0.2, -0.15) is 0 Å². The van der Waals surface area contributed by atoms with Crippen molar-refractivity contribution in [3.05, 3.63) is 59.7 Å². The normalized spacial score (nSPS) is 16.5. The molecule has 0 bridgehead atoms. The van der Waals surface area contributed by atoms with E-state index in [1.807, 2.05) is 42.5 Å². The van der Waals surface area contributed by atoms with Crippen molar-refractivity contribution in [2.75, 3.05) is 18.5 Å². The number of carbonyl (C=O) groups is 1. The number of amides is 1. The molecular weight excluding hydrogens is 312 g/mol. The fourth-order valence-corrected chi connectivity index (χ4v) is 3.20. The Morgan fingerprint density at radius 1 is 1.12 bits per heavy atom. The summed E-state index contributed by atoms with van der Waals surface area (Å²) in [4.78, 5) is 12.4. The number of hydrogen-bond donors (Lipinski definition) is 2. The topological polar surface area (TPSA) is 50.4 Å². The van der Waals surface area contributed by atoms with Crippen molar-refractivity contribution in [2.24, 2.45) is 0 Å². The second-order valence-electron chi connectivity index (χ2n) is 7.44. The van der Waals surface area contributed by atoms with E-state index in [2.05, 4.69) is 37.5 Å². The molecule has 0 spiro atoms. The summed E-state index contributed by atoms with van der Waals surface area (Å²) < 4.78 is 5.65. The zero-order chi connectivity index (χ0) is 17.9. The van der Waals surface area contributed by atoms with Crippen molar-refractivity contribution in [1.29, 1.82) is 0 Å². The lowest BCUT2D eigenvalue weighted by molar-refractivity contribution is -0.120. The maximum atomic E-state index is 12.4. The summed E-state index contributed by atoms with van der Waals surface area (Å²) in [5.74, 6) is 0.857. The third kappa shape index (κ3) is 4.13.